The van der Waals surface area contributed by atoms with Gasteiger partial charge in [0.15, 0.2) is 17.3 Å². The molecule has 1 aromatic carbocycles. The maximum atomic E-state index is 11.0. The molecule has 0 unspecified atom stereocenters. The highest BCUT2D eigenvalue weighted by atomic mass is 79.9. The second kappa shape index (κ2) is 6.27. The van der Waals surface area contributed by atoms with E-state index in [4.69, 9.17) is 4.74 Å². The molecule has 8 nitrogen and oxygen atoms in total. The number of phenolic OH excluding ortho intramolecular Hbond substituents is 1. The molecule has 1 aromatic rings. The van der Waals surface area contributed by atoms with Crippen molar-refractivity contribution in [2.75, 3.05) is 7.11 Å². The number of halogens is 1. The van der Waals surface area contributed by atoms with Gasteiger partial charge >= 0.3 is 6.03 Å². The van der Waals surface area contributed by atoms with Crippen molar-refractivity contribution in [3.8, 4) is 11.5 Å². The third-order valence-electron chi connectivity index (χ3n) is 2.40. The number of urea groups is 1. The number of phenols is 1. The summed E-state index contributed by atoms with van der Waals surface area (Å²) in [6.07, 6.45) is 1.31. The average Bonchev–Trinajstić information content (AvgIpc) is 2.45. The van der Waals surface area contributed by atoms with Crippen LogP contribution in [0, 0.1) is 0 Å². The van der Waals surface area contributed by atoms with Gasteiger partial charge in [-0.3, -0.25) is 5.32 Å². The van der Waals surface area contributed by atoms with E-state index in [1.54, 1.807) is 12.1 Å². The van der Waals surface area contributed by atoms with E-state index in [1.807, 2.05) is 0 Å². The number of rotatable bonds is 3. The summed E-state index contributed by atoms with van der Waals surface area (Å²) in [5.41, 5.74) is 0.572. The van der Waals surface area contributed by atoms with Crippen LogP contribution in [0.25, 0.3) is 0 Å². The first-order chi connectivity index (χ1) is 10.0. The van der Waals surface area contributed by atoms with Crippen molar-refractivity contribution in [1.29, 1.82) is 0 Å². The van der Waals surface area contributed by atoms with Crippen LogP contribution in [-0.2, 0) is 0 Å². The molecule has 0 bridgehead atoms. The van der Waals surface area contributed by atoms with E-state index in [-0.39, 0.29) is 17.3 Å². The number of ether oxygens (including phenoxy) is 1. The van der Waals surface area contributed by atoms with Crippen LogP contribution < -0.4 is 10.1 Å². The van der Waals surface area contributed by atoms with Crippen LogP contribution in [0.1, 0.15) is 5.56 Å². The lowest BCUT2D eigenvalue weighted by molar-refractivity contribution is 0.251. The lowest BCUT2D eigenvalue weighted by Gasteiger charge is -2.07. The Kier molecular flexibility index (Phi) is 4.43. The average molecular weight is 352 g/mol. The number of benzene rings is 1. The molecule has 1 aliphatic heterocycles. The molecule has 1 aliphatic rings. The number of carbonyl (C=O) groups excluding carboxylic acids is 1. The monoisotopic (exact) mass is 351 g/mol. The fraction of sp³-hybridized carbons (Fsp3) is 0.0833. The van der Waals surface area contributed by atoms with E-state index in [1.165, 1.54) is 13.3 Å². The molecular formula is C12H10BrN5O3. The van der Waals surface area contributed by atoms with Crippen molar-refractivity contribution in [2.45, 2.75) is 0 Å². The summed E-state index contributed by atoms with van der Waals surface area (Å²) in [6, 6.07) is 2.60. The van der Waals surface area contributed by atoms with Gasteiger partial charge in [0.25, 0.3) is 0 Å². The molecule has 2 amide bonds. The lowest BCUT2D eigenvalue weighted by Crippen LogP contribution is -2.31. The maximum Gasteiger partial charge on any atom is 0.365 e. The van der Waals surface area contributed by atoms with Gasteiger partial charge in [0.1, 0.15) is 5.70 Å². The largest absolute Gasteiger partial charge is 0.504 e. The van der Waals surface area contributed by atoms with Crippen molar-refractivity contribution >= 4 is 34.0 Å². The first kappa shape index (κ1) is 14.9. The van der Waals surface area contributed by atoms with Gasteiger partial charge in [-0.15, -0.1) is 10.2 Å². The van der Waals surface area contributed by atoms with E-state index in [0.29, 0.717) is 15.8 Å². The standard InChI is InChI=1S/C12H10BrN5O3/c1-6-11(15-12(20)18-16-6)17-14-5-7-3-8(13)4-9(21-2)10(7)19/h3-5,19H,1H2,2H3,(H,15,17,20)/b14-5+. The minimum absolute atomic E-state index is 0.0733. The van der Waals surface area contributed by atoms with Gasteiger partial charge in [-0.25, -0.2) is 4.79 Å². The molecule has 0 atom stereocenters. The zero-order chi connectivity index (χ0) is 15.4. The van der Waals surface area contributed by atoms with Crippen molar-refractivity contribution in [3.05, 3.63) is 34.4 Å². The van der Waals surface area contributed by atoms with Gasteiger partial charge in [0, 0.05) is 10.0 Å². The summed E-state index contributed by atoms with van der Waals surface area (Å²) in [4.78, 5) is 11.0. The molecule has 0 radical (unpaired) electrons. The first-order valence-corrected chi connectivity index (χ1v) is 6.40. The fourth-order valence-corrected chi connectivity index (χ4v) is 1.89. The number of methoxy groups -OCH3 is 1. The zero-order valence-corrected chi connectivity index (χ0v) is 12.5. The van der Waals surface area contributed by atoms with Crippen molar-refractivity contribution < 1.29 is 14.6 Å². The summed E-state index contributed by atoms with van der Waals surface area (Å²) in [5.74, 6) is 0.311. The van der Waals surface area contributed by atoms with E-state index in [9.17, 15) is 9.90 Å². The minimum Gasteiger partial charge on any atom is -0.504 e. The van der Waals surface area contributed by atoms with Gasteiger partial charge < -0.3 is 9.84 Å². The Morgan fingerprint density at radius 1 is 1.48 bits per heavy atom. The van der Waals surface area contributed by atoms with E-state index in [0.717, 1.165) is 0 Å². The van der Waals surface area contributed by atoms with Crippen LogP contribution in [0.3, 0.4) is 0 Å². The van der Waals surface area contributed by atoms with E-state index < -0.39 is 6.03 Å². The maximum absolute atomic E-state index is 11.0. The Labute approximate surface area is 128 Å². The molecule has 0 aromatic heterocycles. The van der Waals surface area contributed by atoms with Crippen LogP contribution in [0.4, 0.5) is 4.79 Å². The van der Waals surface area contributed by atoms with Crippen LogP contribution >= 0.6 is 15.9 Å². The number of amidine groups is 1. The molecule has 9 heteroatoms. The Morgan fingerprint density at radius 2 is 2.24 bits per heavy atom. The number of nitrogens with zero attached hydrogens (tertiary/aromatic N) is 4. The highest BCUT2D eigenvalue weighted by Gasteiger charge is 2.14. The molecule has 0 saturated heterocycles. The van der Waals surface area contributed by atoms with Gasteiger partial charge in [-0.1, -0.05) is 27.6 Å². The molecule has 0 aliphatic carbocycles. The summed E-state index contributed by atoms with van der Waals surface area (Å²) in [5, 5.41) is 26.6. The quantitative estimate of drug-likeness (QED) is 0.645. The van der Waals surface area contributed by atoms with Crippen LogP contribution in [0.15, 0.2) is 49.3 Å². The number of amides is 2. The number of hydrogen-bond acceptors (Lipinski definition) is 6. The number of aromatic hydroxyl groups is 1. The molecule has 0 spiro atoms. The Balaban J connectivity index is 2.26. The van der Waals surface area contributed by atoms with Crippen LogP contribution in [-0.4, -0.2) is 30.3 Å². The highest BCUT2D eigenvalue weighted by Crippen LogP contribution is 2.32. The summed E-state index contributed by atoms with van der Waals surface area (Å²) >= 11 is 3.29. The second-order valence-corrected chi connectivity index (χ2v) is 4.73. The van der Waals surface area contributed by atoms with Crippen LogP contribution in [0.5, 0.6) is 11.5 Å². The lowest BCUT2D eigenvalue weighted by atomic mass is 10.2. The minimum atomic E-state index is -0.650. The molecule has 0 fully saturated rings. The molecule has 108 valence electrons. The van der Waals surface area contributed by atoms with Gasteiger partial charge in [0.2, 0.25) is 0 Å². The van der Waals surface area contributed by atoms with Crippen molar-refractivity contribution in [1.82, 2.24) is 5.32 Å². The number of carbonyl (C=O) groups is 1. The normalized spacial score (nSPS) is 16.6. The van der Waals surface area contributed by atoms with Crippen molar-refractivity contribution in [3.63, 3.8) is 0 Å². The summed E-state index contributed by atoms with van der Waals surface area (Å²) in [7, 11) is 1.44. The summed E-state index contributed by atoms with van der Waals surface area (Å²) in [6.45, 7) is 3.56. The van der Waals surface area contributed by atoms with Gasteiger partial charge in [0.05, 0.1) is 13.3 Å². The van der Waals surface area contributed by atoms with Gasteiger partial charge in [-0.2, -0.15) is 5.10 Å². The second-order valence-electron chi connectivity index (χ2n) is 3.82. The van der Waals surface area contributed by atoms with Crippen molar-refractivity contribution in [2.24, 2.45) is 20.4 Å². The molecule has 0 saturated carbocycles. The van der Waals surface area contributed by atoms with Crippen LogP contribution in [0.2, 0.25) is 0 Å². The summed E-state index contributed by atoms with van der Waals surface area (Å²) < 4.78 is 5.72. The smallest absolute Gasteiger partial charge is 0.365 e. The highest BCUT2D eigenvalue weighted by molar-refractivity contribution is 9.10. The first-order valence-electron chi connectivity index (χ1n) is 5.61. The third kappa shape index (κ3) is 3.51. The Morgan fingerprint density at radius 3 is 2.95 bits per heavy atom. The third-order valence-corrected chi connectivity index (χ3v) is 2.86. The predicted octanol–water partition coefficient (Wildman–Crippen LogP) is 2.58. The topological polar surface area (TPSA) is 108 Å². The molecule has 2 N–H and O–H groups in total. The zero-order valence-electron chi connectivity index (χ0n) is 10.9. The molecule has 1 heterocycles. The van der Waals surface area contributed by atoms with E-state index in [2.05, 4.69) is 48.3 Å². The Bertz CT molecular complexity index is 696. The number of nitrogens with one attached hydrogen (secondary N) is 1. The van der Waals surface area contributed by atoms with E-state index >= 15 is 0 Å². The Hall–Kier alpha value is -2.55. The molecule has 2 rings (SSSR count). The molecule has 21 heavy (non-hydrogen) atoms. The predicted molar refractivity (Wildman–Crippen MR) is 79.9 cm³/mol. The SMILES string of the molecule is C=C1N=NC(=O)N/C1=N/N=C/c1cc(Br)cc(OC)c1O. The number of azo groups is 1. The number of hydrogen-bond donors (Lipinski definition) is 2. The fourth-order valence-electron chi connectivity index (χ4n) is 1.43. The molecular weight excluding hydrogens is 342 g/mol. The van der Waals surface area contributed by atoms with Gasteiger partial charge in [-0.05, 0) is 12.1 Å².